The van der Waals surface area contributed by atoms with Crippen LogP contribution in [0.1, 0.15) is 18.5 Å². The minimum atomic E-state index is -1.36. The summed E-state index contributed by atoms with van der Waals surface area (Å²) >= 11 is 0. The molecule has 1 unspecified atom stereocenters. The average Bonchev–Trinajstić information content (AvgIpc) is 2.43. The first-order valence-electron chi connectivity index (χ1n) is 5.89. The molecule has 8 heteroatoms. The van der Waals surface area contributed by atoms with Crippen LogP contribution in [0.5, 0.6) is 0 Å². The SMILES string of the molecule is CC(Nc1c([N+](=O)[O-])ccc(F)c1F)c1cncc(F)c1. The maximum atomic E-state index is 13.7. The van der Waals surface area contributed by atoms with Gasteiger partial charge < -0.3 is 5.32 Å². The van der Waals surface area contributed by atoms with Gasteiger partial charge in [0.05, 0.1) is 17.2 Å². The quantitative estimate of drug-likeness (QED) is 0.692. The highest BCUT2D eigenvalue weighted by atomic mass is 19.2. The molecule has 1 N–H and O–H groups in total. The normalized spacial score (nSPS) is 12.0. The van der Waals surface area contributed by atoms with Gasteiger partial charge in [-0.2, -0.15) is 0 Å². The Morgan fingerprint density at radius 2 is 2.00 bits per heavy atom. The summed E-state index contributed by atoms with van der Waals surface area (Å²) in [6, 6.07) is 1.97. The monoisotopic (exact) mass is 297 g/mol. The molecular formula is C13H10F3N3O2. The molecule has 0 aliphatic carbocycles. The van der Waals surface area contributed by atoms with Crippen LogP contribution in [0.25, 0.3) is 0 Å². The van der Waals surface area contributed by atoms with Gasteiger partial charge in [-0.25, -0.2) is 13.2 Å². The van der Waals surface area contributed by atoms with E-state index in [1.165, 1.54) is 13.1 Å². The number of benzene rings is 1. The number of hydrogen-bond acceptors (Lipinski definition) is 4. The minimum Gasteiger partial charge on any atom is -0.370 e. The fraction of sp³-hybridized carbons (Fsp3) is 0.154. The second kappa shape index (κ2) is 5.78. The highest BCUT2D eigenvalue weighted by Gasteiger charge is 2.23. The van der Waals surface area contributed by atoms with Gasteiger partial charge in [-0.15, -0.1) is 0 Å². The Kier molecular flexibility index (Phi) is 4.06. The summed E-state index contributed by atoms with van der Waals surface area (Å²) in [6.45, 7) is 1.52. The molecule has 0 saturated heterocycles. The van der Waals surface area contributed by atoms with Crippen molar-refractivity contribution >= 4 is 11.4 Å². The van der Waals surface area contributed by atoms with Crippen molar-refractivity contribution in [3.05, 3.63) is 63.7 Å². The van der Waals surface area contributed by atoms with Crippen molar-refractivity contribution in [1.82, 2.24) is 4.98 Å². The van der Waals surface area contributed by atoms with Crippen LogP contribution in [0, 0.1) is 27.6 Å². The molecule has 0 amide bonds. The van der Waals surface area contributed by atoms with E-state index in [1.807, 2.05) is 0 Å². The number of pyridine rings is 1. The third-order valence-electron chi connectivity index (χ3n) is 2.86. The van der Waals surface area contributed by atoms with E-state index < -0.39 is 39.8 Å². The van der Waals surface area contributed by atoms with Crippen LogP contribution in [0.3, 0.4) is 0 Å². The summed E-state index contributed by atoms with van der Waals surface area (Å²) in [6.07, 6.45) is 2.31. The van der Waals surface area contributed by atoms with Crippen LogP contribution in [0.2, 0.25) is 0 Å². The molecule has 1 aromatic heterocycles. The van der Waals surface area contributed by atoms with Gasteiger partial charge in [-0.3, -0.25) is 15.1 Å². The van der Waals surface area contributed by atoms with Crippen molar-refractivity contribution in [1.29, 1.82) is 0 Å². The molecule has 2 rings (SSSR count). The molecule has 0 fully saturated rings. The number of nitro groups is 1. The highest BCUT2D eigenvalue weighted by molar-refractivity contribution is 5.63. The van der Waals surface area contributed by atoms with E-state index >= 15 is 0 Å². The van der Waals surface area contributed by atoms with Crippen LogP contribution in [0.4, 0.5) is 24.5 Å². The lowest BCUT2D eigenvalue weighted by Gasteiger charge is -2.16. The molecule has 0 saturated carbocycles. The third kappa shape index (κ3) is 3.10. The minimum absolute atomic E-state index is 0.341. The van der Waals surface area contributed by atoms with Gasteiger partial charge in [0.1, 0.15) is 5.82 Å². The molecule has 2 aromatic rings. The van der Waals surface area contributed by atoms with E-state index in [1.54, 1.807) is 0 Å². The zero-order chi connectivity index (χ0) is 15.6. The number of halogens is 3. The molecule has 1 atom stereocenters. The average molecular weight is 297 g/mol. The molecule has 110 valence electrons. The van der Waals surface area contributed by atoms with Crippen molar-refractivity contribution in [2.75, 3.05) is 5.32 Å². The standard InChI is InChI=1S/C13H10F3N3O2/c1-7(8-4-9(14)6-17-5-8)18-13-11(19(20)21)3-2-10(15)12(13)16/h2-7,18H,1H3. The van der Waals surface area contributed by atoms with Gasteiger partial charge in [-0.05, 0) is 24.6 Å². The molecule has 5 nitrogen and oxygen atoms in total. The lowest BCUT2D eigenvalue weighted by Crippen LogP contribution is -2.11. The van der Waals surface area contributed by atoms with Crippen molar-refractivity contribution in [3.63, 3.8) is 0 Å². The second-order valence-corrected chi connectivity index (χ2v) is 4.32. The highest BCUT2D eigenvalue weighted by Crippen LogP contribution is 2.32. The second-order valence-electron chi connectivity index (χ2n) is 4.32. The molecule has 0 aliphatic heterocycles. The maximum absolute atomic E-state index is 13.7. The summed E-state index contributed by atoms with van der Waals surface area (Å²) in [5.74, 6) is -3.18. The largest absolute Gasteiger partial charge is 0.370 e. The van der Waals surface area contributed by atoms with Crippen molar-refractivity contribution in [3.8, 4) is 0 Å². The fourth-order valence-electron chi connectivity index (χ4n) is 1.79. The molecule has 1 heterocycles. The molecule has 0 spiro atoms. The first-order valence-corrected chi connectivity index (χ1v) is 5.89. The molecule has 0 bridgehead atoms. The van der Waals surface area contributed by atoms with Crippen LogP contribution in [-0.2, 0) is 0 Å². The topological polar surface area (TPSA) is 68.1 Å². The van der Waals surface area contributed by atoms with Gasteiger partial charge in [0.15, 0.2) is 17.3 Å². The predicted octanol–water partition coefficient (Wildman–Crippen LogP) is 3.58. The van der Waals surface area contributed by atoms with Gasteiger partial charge in [0.2, 0.25) is 0 Å². The summed E-state index contributed by atoms with van der Waals surface area (Å²) < 4.78 is 40.1. The van der Waals surface area contributed by atoms with Crippen LogP contribution in [0.15, 0.2) is 30.6 Å². The Morgan fingerprint density at radius 3 is 2.62 bits per heavy atom. The van der Waals surface area contributed by atoms with Crippen molar-refractivity contribution in [2.45, 2.75) is 13.0 Å². The number of hydrogen-bond donors (Lipinski definition) is 1. The molecule has 1 aromatic carbocycles. The lowest BCUT2D eigenvalue weighted by atomic mass is 10.1. The van der Waals surface area contributed by atoms with Gasteiger partial charge >= 0.3 is 0 Å². The fourth-order valence-corrected chi connectivity index (χ4v) is 1.79. The van der Waals surface area contributed by atoms with E-state index in [-0.39, 0.29) is 0 Å². The number of nitrogens with zero attached hydrogens (tertiary/aromatic N) is 2. The number of rotatable bonds is 4. The van der Waals surface area contributed by atoms with E-state index in [2.05, 4.69) is 10.3 Å². The lowest BCUT2D eigenvalue weighted by molar-refractivity contribution is -0.384. The first-order chi connectivity index (χ1) is 9.90. The number of aromatic nitrogens is 1. The van der Waals surface area contributed by atoms with E-state index in [4.69, 9.17) is 0 Å². The van der Waals surface area contributed by atoms with E-state index in [0.717, 1.165) is 18.3 Å². The van der Waals surface area contributed by atoms with Gasteiger partial charge in [-0.1, -0.05) is 0 Å². The molecule has 0 aliphatic rings. The van der Waals surface area contributed by atoms with Gasteiger partial charge in [0, 0.05) is 12.3 Å². The Morgan fingerprint density at radius 1 is 1.29 bits per heavy atom. The van der Waals surface area contributed by atoms with Gasteiger partial charge in [0.25, 0.3) is 5.69 Å². The van der Waals surface area contributed by atoms with Crippen LogP contribution < -0.4 is 5.32 Å². The number of anilines is 1. The van der Waals surface area contributed by atoms with Crippen LogP contribution in [-0.4, -0.2) is 9.91 Å². The molecule has 21 heavy (non-hydrogen) atoms. The molecule has 0 radical (unpaired) electrons. The van der Waals surface area contributed by atoms with Crippen molar-refractivity contribution < 1.29 is 18.1 Å². The summed E-state index contributed by atoms with van der Waals surface area (Å²) in [7, 11) is 0. The Balaban J connectivity index is 2.39. The maximum Gasteiger partial charge on any atom is 0.295 e. The van der Waals surface area contributed by atoms with Crippen LogP contribution >= 0.6 is 0 Å². The van der Waals surface area contributed by atoms with E-state index in [0.29, 0.717) is 11.6 Å². The third-order valence-corrected chi connectivity index (χ3v) is 2.86. The number of nitro benzene ring substituents is 1. The summed E-state index contributed by atoms with van der Waals surface area (Å²) in [5.41, 5.74) is -0.852. The number of nitrogens with one attached hydrogen (secondary N) is 1. The smallest absolute Gasteiger partial charge is 0.295 e. The Labute approximate surface area is 117 Å². The van der Waals surface area contributed by atoms with E-state index in [9.17, 15) is 23.3 Å². The molecular weight excluding hydrogens is 287 g/mol. The Hall–Kier alpha value is -2.64. The summed E-state index contributed by atoms with van der Waals surface area (Å²) in [5, 5.41) is 13.3. The first kappa shape index (κ1) is 14.8. The summed E-state index contributed by atoms with van der Waals surface area (Å²) in [4.78, 5) is 13.7. The Bertz CT molecular complexity index is 694. The zero-order valence-corrected chi connectivity index (χ0v) is 10.8. The predicted molar refractivity (Wildman–Crippen MR) is 69.2 cm³/mol. The zero-order valence-electron chi connectivity index (χ0n) is 10.8. The van der Waals surface area contributed by atoms with Crippen molar-refractivity contribution in [2.24, 2.45) is 0 Å².